The van der Waals surface area contributed by atoms with Crippen LogP contribution in [0, 0.1) is 23.7 Å². The van der Waals surface area contributed by atoms with Gasteiger partial charge in [0.05, 0.1) is 0 Å². The standard InChI is InChI=1S/C21H28O4S/c1-13-9-10-17-14(2)18(26-15-7-5-4-6-8-15)22-19-21(17)16(13)11-12-20(3,23-19)24-25-21/h4-8,13-14,16-19H,9-12H2,1-3H3/t13-,14-,16+,17+,18+,19-,20+,21-/m1/s1. The Bertz CT molecular complexity index is 669. The van der Waals surface area contributed by atoms with E-state index in [1.165, 1.54) is 11.3 Å². The van der Waals surface area contributed by atoms with Crippen LogP contribution in [0.2, 0.25) is 0 Å². The summed E-state index contributed by atoms with van der Waals surface area (Å²) in [5.41, 5.74) is -0.389. The molecule has 1 spiro atoms. The number of rotatable bonds is 2. The van der Waals surface area contributed by atoms with Crippen LogP contribution in [0.4, 0.5) is 0 Å². The predicted molar refractivity (Wildman–Crippen MR) is 99.1 cm³/mol. The first-order valence-electron chi connectivity index (χ1n) is 9.94. The topological polar surface area (TPSA) is 36.9 Å². The van der Waals surface area contributed by atoms with Gasteiger partial charge in [0.15, 0.2) is 11.9 Å². The minimum atomic E-state index is -0.694. The maximum atomic E-state index is 6.60. The molecule has 5 fully saturated rings. The highest BCUT2D eigenvalue weighted by molar-refractivity contribution is 7.99. The Balaban J connectivity index is 1.50. The van der Waals surface area contributed by atoms with Crippen molar-refractivity contribution in [3.63, 3.8) is 0 Å². The summed E-state index contributed by atoms with van der Waals surface area (Å²) in [6.07, 6.45) is 3.99. The zero-order valence-corrected chi connectivity index (χ0v) is 16.5. The van der Waals surface area contributed by atoms with Crippen molar-refractivity contribution >= 4 is 11.8 Å². The van der Waals surface area contributed by atoms with Crippen LogP contribution in [0.15, 0.2) is 35.2 Å². The molecule has 1 aliphatic carbocycles. The lowest BCUT2D eigenvalue weighted by atomic mass is 9.58. The van der Waals surface area contributed by atoms with Gasteiger partial charge < -0.3 is 9.47 Å². The molecule has 0 N–H and O–H groups in total. The van der Waals surface area contributed by atoms with E-state index in [4.69, 9.17) is 19.2 Å². The fourth-order valence-electron chi connectivity index (χ4n) is 5.64. The second-order valence-electron chi connectivity index (χ2n) is 8.70. The molecule has 8 atom stereocenters. The van der Waals surface area contributed by atoms with Crippen molar-refractivity contribution in [3.05, 3.63) is 30.3 Å². The number of hydrogen-bond donors (Lipinski definition) is 0. The van der Waals surface area contributed by atoms with Crippen molar-refractivity contribution < 1.29 is 19.2 Å². The number of fused-ring (bicyclic) bond motifs is 2. The number of hydrogen-bond acceptors (Lipinski definition) is 5. The summed E-state index contributed by atoms with van der Waals surface area (Å²) in [6, 6.07) is 10.5. The van der Waals surface area contributed by atoms with Gasteiger partial charge in [-0.15, -0.1) is 0 Å². The van der Waals surface area contributed by atoms with Crippen molar-refractivity contribution in [3.8, 4) is 0 Å². The number of ether oxygens (including phenoxy) is 2. The monoisotopic (exact) mass is 376 g/mol. The van der Waals surface area contributed by atoms with Crippen molar-refractivity contribution in [2.75, 3.05) is 0 Å². The fourth-order valence-corrected chi connectivity index (χ4v) is 6.78. The predicted octanol–water partition coefficient (Wildman–Crippen LogP) is 4.99. The lowest BCUT2D eigenvalue weighted by molar-refractivity contribution is -0.568. The summed E-state index contributed by atoms with van der Waals surface area (Å²) in [6.45, 7) is 6.65. The van der Waals surface area contributed by atoms with Gasteiger partial charge >= 0.3 is 0 Å². The molecule has 5 heteroatoms. The highest BCUT2D eigenvalue weighted by Gasteiger charge is 2.69. The Morgan fingerprint density at radius 1 is 1.00 bits per heavy atom. The van der Waals surface area contributed by atoms with E-state index >= 15 is 0 Å². The molecule has 1 saturated carbocycles. The van der Waals surface area contributed by atoms with E-state index in [-0.39, 0.29) is 11.7 Å². The van der Waals surface area contributed by atoms with Crippen molar-refractivity contribution in [1.82, 2.24) is 0 Å². The number of thioether (sulfide) groups is 1. The summed E-state index contributed by atoms with van der Waals surface area (Å²) >= 11 is 1.80. The molecule has 4 saturated heterocycles. The molecule has 0 unspecified atom stereocenters. The fraction of sp³-hybridized carbons (Fsp3) is 0.714. The largest absolute Gasteiger partial charge is 0.335 e. The highest BCUT2D eigenvalue weighted by Crippen LogP contribution is 2.61. The first-order valence-corrected chi connectivity index (χ1v) is 10.8. The molecule has 26 heavy (non-hydrogen) atoms. The van der Waals surface area contributed by atoms with Gasteiger partial charge in [0.1, 0.15) is 5.44 Å². The summed E-state index contributed by atoms with van der Waals surface area (Å²) in [4.78, 5) is 13.3. The maximum absolute atomic E-state index is 6.60. The van der Waals surface area contributed by atoms with Crippen LogP contribution in [0.25, 0.3) is 0 Å². The van der Waals surface area contributed by atoms with Crippen LogP contribution in [-0.4, -0.2) is 23.1 Å². The molecule has 0 radical (unpaired) electrons. The van der Waals surface area contributed by atoms with E-state index in [2.05, 4.69) is 44.2 Å². The third-order valence-corrected chi connectivity index (χ3v) is 8.41. The minimum Gasteiger partial charge on any atom is -0.335 e. The molecule has 6 rings (SSSR count). The van der Waals surface area contributed by atoms with Crippen LogP contribution in [0.5, 0.6) is 0 Å². The zero-order valence-electron chi connectivity index (χ0n) is 15.7. The van der Waals surface area contributed by atoms with E-state index in [1.54, 1.807) is 11.8 Å². The molecule has 5 aliphatic rings. The van der Waals surface area contributed by atoms with Gasteiger partial charge in [-0.2, -0.15) is 0 Å². The molecule has 0 amide bonds. The SMILES string of the molecule is C[C@H]1[C@H](Sc2ccccc2)O[C@@H]2O[C@]3(C)CC[C@H]4[C@H](C)CC[C@@H]1[C@@]24OO3. The van der Waals surface area contributed by atoms with Gasteiger partial charge in [-0.3, -0.25) is 0 Å². The maximum Gasteiger partial charge on any atom is 0.201 e. The summed E-state index contributed by atoms with van der Waals surface area (Å²) in [5, 5.41) is 0. The zero-order chi connectivity index (χ0) is 17.9. The summed E-state index contributed by atoms with van der Waals surface area (Å²) in [5.74, 6) is 1.11. The van der Waals surface area contributed by atoms with Gasteiger partial charge in [0.2, 0.25) is 5.79 Å². The van der Waals surface area contributed by atoms with Gasteiger partial charge in [-0.1, -0.05) is 43.8 Å². The molecule has 142 valence electrons. The average molecular weight is 377 g/mol. The van der Waals surface area contributed by atoms with Gasteiger partial charge in [0, 0.05) is 17.2 Å². The summed E-state index contributed by atoms with van der Waals surface area (Å²) < 4.78 is 13.0. The van der Waals surface area contributed by atoms with E-state index in [0.29, 0.717) is 23.7 Å². The Labute approximate surface area is 159 Å². The lowest BCUT2D eigenvalue weighted by Crippen LogP contribution is -2.70. The van der Waals surface area contributed by atoms with Crippen LogP contribution in [0.3, 0.4) is 0 Å². The van der Waals surface area contributed by atoms with E-state index in [1.807, 2.05) is 6.92 Å². The third-order valence-electron chi connectivity index (χ3n) is 7.09. The van der Waals surface area contributed by atoms with Gasteiger partial charge in [-0.25, -0.2) is 9.78 Å². The Hall–Kier alpha value is -0.590. The van der Waals surface area contributed by atoms with E-state index < -0.39 is 11.4 Å². The van der Waals surface area contributed by atoms with Gasteiger partial charge in [0.25, 0.3) is 0 Å². The minimum absolute atomic E-state index is 0.0682. The van der Waals surface area contributed by atoms with Crippen molar-refractivity contribution in [2.45, 2.75) is 74.5 Å². The van der Waals surface area contributed by atoms with Crippen LogP contribution >= 0.6 is 11.8 Å². The molecule has 4 aliphatic heterocycles. The molecular formula is C21H28O4S. The van der Waals surface area contributed by atoms with Crippen molar-refractivity contribution in [2.24, 2.45) is 23.7 Å². The quantitative estimate of drug-likeness (QED) is 0.680. The average Bonchev–Trinajstić information content (AvgIpc) is 2.86. The van der Waals surface area contributed by atoms with Crippen LogP contribution in [0.1, 0.15) is 46.5 Å². The highest BCUT2D eigenvalue weighted by atomic mass is 32.2. The number of benzene rings is 1. The Kier molecular flexibility index (Phi) is 4.18. The molecular weight excluding hydrogens is 348 g/mol. The second kappa shape index (κ2) is 6.21. The summed E-state index contributed by atoms with van der Waals surface area (Å²) in [7, 11) is 0. The van der Waals surface area contributed by atoms with E-state index in [9.17, 15) is 0 Å². The first-order chi connectivity index (χ1) is 12.5. The Morgan fingerprint density at radius 2 is 1.81 bits per heavy atom. The first kappa shape index (κ1) is 17.5. The van der Waals surface area contributed by atoms with E-state index in [0.717, 1.165) is 19.3 Å². The molecule has 0 aromatic heterocycles. The van der Waals surface area contributed by atoms with Crippen LogP contribution < -0.4 is 0 Å². The molecule has 1 aromatic rings. The smallest absolute Gasteiger partial charge is 0.201 e. The molecule has 4 nitrogen and oxygen atoms in total. The third kappa shape index (κ3) is 2.51. The Morgan fingerprint density at radius 3 is 2.62 bits per heavy atom. The second-order valence-corrected chi connectivity index (χ2v) is 9.88. The lowest BCUT2D eigenvalue weighted by Gasteiger charge is -2.60. The van der Waals surface area contributed by atoms with Gasteiger partial charge in [-0.05, 0) is 56.1 Å². The van der Waals surface area contributed by atoms with Crippen molar-refractivity contribution in [1.29, 1.82) is 0 Å². The molecule has 2 bridgehead atoms. The normalized spacial score (nSPS) is 50.1. The molecule has 4 heterocycles. The van der Waals surface area contributed by atoms with Crippen LogP contribution in [-0.2, 0) is 19.2 Å². The molecule has 1 aromatic carbocycles.